The largest absolute Gasteiger partial charge is 0.507 e. The molecule has 0 saturated carbocycles. The number of aromatic nitrogens is 1. The second-order valence-corrected chi connectivity index (χ2v) is 12.0. The Hall–Kier alpha value is -4.66. The molecule has 2 aliphatic rings. The third-order valence-corrected chi connectivity index (χ3v) is 8.86. The van der Waals surface area contributed by atoms with Crippen molar-refractivity contribution >= 4 is 55.7 Å². The van der Waals surface area contributed by atoms with Crippen LogP contribution in [0.25, 0.3) is 16.0 Å². The van der Waals surface area contributed by atoms with E-state index in [4.69, 9.17) is 21.1 Å². The summed E-state index contributed by atoms with van der Waals surface area (Å²) < 4.78 is 12.6. The number of anilines is 1. The number of halogens is 1. The standard InChI is InChI=1S/C34H25ClN2O5S/c1-19-15-23-16-22(9-14-27(23)42-19)31(38)29-30(21-7-11-25(12-8-21)41-18-20-5-3-2-4-6-20)37(33(40)32(29)39)34-36-26-13-10-24(35)17-28(26)43-34/h2-14,16-17,19,30,38H,15,18H2,1H3. The van der Waals surface area contributed by atoms with E-state index >= 15 is 0 Å². The number of hydrogen-bond donors (Lipinski definition) is 1. The van der Waals surface area contributed by atoms with E-state index in [0.29, 0.717) is 45.6 Å². The summed E-state index contributed by atoms with van der Waals surface area (Å²) in [7, 11) is 0. The van der Waals surface area contributed by atoms with Gasteiger partial charge in [-0.3, -0.25) is 14.5 Å². The summed E-state index contributed by atoms with van der Waals surface area (Å²) in [6, 6.07) is 26.7. The first-order chi connectivity index (χ1) is 20.9. The topological polar surface area (TPSA) is 89.0 Å². The first kappa shape index (κ1) is 27.2. The minimum Gasteiger partial charge on any atom is -0.507 e. The van der Waals surface area contributed by atoms with Crippen molar-refractivity contribution in [2.24, 2.45) is 0 Å². The predicted octanol–water partition coefficient (Wildman–Crippen LogP) is 7.48. The molecule has 0 radical (unpaired) electrons. The van der Waals surface area contributed by atoms with Crippen LogP contribution in [0.4, 0.5) is 5.13 Å². The monoisotopic (exact) mass is 608 g/mol. The minimum absolute atomic E-state index is 0.00726. The summed E-state index contributed by atoms with van der Waals surface area (Å²) in [5, 5.41) is 12.5. The normalized spacial score (nSPS) is 19.1. The van der Waals surface area contributed by atoms with E-state index in [-0.39, 0.29) is 17.4 Å². The zero-order valence-corrected chi connectivity index (χ0v) is 24.6. The van der Waals surface area contributed by atoms with Gasteiger partial charge in [-0.2, -0.15) is 0 Å². The van der Waals surface area contributed by atoms with E-state index in [2.05, 4.69) is 4.98 Å². The number of nitrogens with zero attached hydrogens (tertiary/aromatic N) is 2. The molecule has 5 aromatic rings. The number of thiazole rings is 1. The van der Waals surface area contributed by atoms with Crippen LogP contribution in [0, 0.1) is 0 Å². The Morgan fingerprint density at radius 2 is 1.84 bits per heavy atom. The Labute approximate surface area is 256 Å². The first-order valence-electron chi connectivity index (χ1n) is 13.8. The Morgan fingerprint density at radius 3 is 2.63 bits per heavy atom. The van der Waals surface area contributed by atoms with Gasteiger partial charge in [0.25, 0.3) is 5.78 Å². The van der Waals surface area contributed by atoms with Crippen molar-refractivity contribution in [1.29, 1.82) is 0 Å². The van der Waals surface area contributed by atoms with Gasteiger partial charge in [0.1, 0.15) is 30.0 Å². The van der Waals surface area contributed by atoms with E-state index in [9.17, 15) is 14.7 Å². The van der Waals surface area contributed by atoms with Crippen molar-refractivity contribution in [2.75, 3.05) is 4.90 Å². The van der Waals surface area contributed by atoms with Crippen LogP contribution in [0.5, 0.6) is 11.5 Å². The number of Topliss-reactive ketones (excluding diaryl/α,β-unsaturated/α-hetero) is 1. The lowest BCUT2D eigenvalue weighted by Crippen LogP contribution is -2.29. The van der Waals surface area contributed by atoms with E-state index in [0.717, 1.165) is 21.6 Å². The summed E-state index contributed by atoms with van der Waals surface area (Å²) in [6.07, 6.45) is 0.709. The van der Waals surface area contributed by atoms with Crippen molar-refractivity contribution in [2.45, 2.75) is 32.1 Å². The number of aliphatic hydroxyl groups is 1. The summed E-state index contributed by atoms with van der Waals surface area (Å²) in [5.41, 5.74) is 3.69. The molecule has 2 unspecified atom stereocenters. The van der Waals surface area contributed by atoms with Crippen molar-refractivity contribution in [3.63, 3.8) is 0 Å². The quantitative estimate of drug-likeness (QED) is 0.122. The van der Waals surface area contributed by atoms with Crippen molar-refractivity contribution < 1.29 is 24.2 Å². The predicted molar refractivity (Wildman–Crippen MR) is 167 cm³/mol. The number of amides is 1. The van der Waals surface area contributed by atoms with Crippen LogP contribution in [0.3, 0.4) is 0 Å². The molecule has 3 heterocycles. The zero-order chi connectivity index (χ0) is 29.7. The molecule has 7 nitrogen and oxygen atoms in total. The van der Waals surface area contributed by atoms with Gasteiger partial charge in [0.2, 0.25) is 0 Å². The maximum Gasteiger partial charge on any atom is 0.301 e. The van der Waals surface area contributed by atoms with Crippen LogP contribution in [0.1, 0.15) is 35.2 Å². The van der Waals surface area contributed by atoms with Crippen LogP contribution in [0.2, 0.25) is 5.02 Å². The average Bonchev–Trinajstić information content (AvgIpc) is 3.68. The van der Waals surface area contributed by atoms with E-state index in [1.54, 1.807) is 54.6 Å². The van der Waals surface area contributed by atoms with Crippen molar-refractivity contribution in [1.82, 2.24) is 4.98 Å². The van der Waals surface area contributed by atoms with Gasteiger partial charge in [-0.1, -0.05) is 65.4 Å². The van der Waals surface area contributed by atoms with Gasteiger partial charge < -0.3 is 14.6 Å². The first-order valence-corrected chi connectivity index (χ1v) is 15.0. The fraction of sp³-hybridized carbons (Fsp3) is 0.147. The number of carbonyl (C=O) groups excluding carboxylic acids is 2. The van der Waals surface area contributed by atoms with Crippen LogP contribution in [0.15, 0.2) is 96.6 Å². The molecule has 0 bridgehead atoms. The summed E-state index contributed by atoms with van der Waals surface area (Å²) in [4.78, 5) is 33.4. The number of ether oxygens (including phenoxy) is 2. The lowest BCUT2D eigenvalue weighted by atomic mass is 9.94. The highest BCUT2D eigenvalue weighted by Gasteiger charge is 2.48. The summed E-state index contributed by atoms with van der Waals surface area (Å²) in [6.45, 7) is 2.37. The van der Waals surface area contributed by atoms with Crippen LogP contribution >= 0.6 is 22.9 Å². The molecular formula is C34H25ClN2O5S. The molecule has 43 heavy (non-hydrogen) atoms. The van der Waals surface area contributed by atoms with Crippen molar-refractivity contribution in [3.05, 3.63) is 124 Å². The number of benzene rings is 4. The Bertz CT molecular complexity index is 1920. The molecule has 0 spiro atoms. The van der Waals surface area contributed by atoms with Crippen LogP contribution < -0.4 is 14.4 Å². The molecule has 1 aromatic heterocycles. The number of carbonyl (C=O) groups is 2. The fourth-order valence-electron chi connectivity index (χ4n) is 5.55. The van der Waals surface area contributed by atoms with Gasteiger partial charge in [0, 0.05) is 17.0 Å². The molecule has 7 rings (SSSR count). The number of rotatable bonds is 6. The molecule has 4 aromatic carbocycles. The number of hydrogen-bond acceptors (Lipinski definition) is 7. The highest BCUT2D eigenvalue weighted by atomic mass is 35.5. The molecule has 9 heteroatoms. The smallest absolute Gasteiger partial charge is 0.301 e. The lowest BCUT2D eigenvalue weighted by molar-refractivity contribution is -0.132. The average molecular weight is 609 g/mol. The second-order valence-electron chi connectivity index (χ2n) is 10.6. The van der Waals surface area contributed by atoms with Gasteiger partial charge in [0.05, 0.1) is 21.8 Å². The SMILES string of the molecule is CC1Cc2cc(C(O)=C3C(=O)C(=O)N(c4nc5ccc(Cl)cc5s4)C3c3ccc(OCc4ccccc4)cc3)ccc2O1. The van der Waals surface area contributed by atoms with Gasteiger partial charge in [-0.25, -0.2) is 4.98 Å². The third-order valence-electron chi connectivity index (χ3n) is 7.60. The lowest BCUT2D eigenvalue weighted by Gasteiger charge is -2.23. The molecule has 2 atom stereocenters. The zero-order valence-electron chi connectivity index (χ0n) is 23.0. The Morgan fingerprint density at radius 1 is 1.05 bits per heavy atom. The van der Waals surface area contributed by atoms with E-state index < -0.39 is 17.7 Å². The maximum absolute atomic E-state index is 13.7. The van der Waals surface area contributed by atoms with E-state index in [1.807, 2.05) is 43.3 Å². The third kappa shape index (κ3) is 5.02. The molecule has 0 aliphatic carbocycles. The highest BCUT2D eigenvalue weighted by Crippen LogP contribution is 2.45. The summed E-state index contributed by atoms with van der Waals surface area (Å²) >= 11 is 7.47. The maximum atomic E-state index is 13.7. The Kier molecular flexibility index (Phi) is 6.88. The Balaban J connectivity index is 1.31. The van der Waals surface area contributed by atoms with Crippen LogP contribution in [-0.2, 0) is 22.6 Å². The fourth-order valence-corrected chi connectivity index (χ4v) is 6.81. The molecule has 2 aliphatic heterocycles. The molecule has 1 amide bonds. The molecule has 1 saturated heterocycles. The molecule has 1 fully saturated rings. The second kappa shape index (κ2) is 10.9. The van der Waals surface area contributed by atoms with Gasteiger partial charge in [-0.15, -0.1) is 0 Å². The van der Waals surface area contributed by atoms with Gasteiger partial charge >= 0.3 is 5.91 Å². The van der Waals surface area contributed by atoms with E-state index in [1.165, 1.54) is 16.2 Å². The number of ketones is 1. The highest BCUT2D eigenvalue weighted by molar-refractivity contribution is 7.22. The van der Waals surface area contributed by atoms with Gasteiger partial charge in [0.15, 0.2) is 5.13 Å². The number of aliphatic hydroxyl groups excluding tert-OH is 1. The molecule has 214 valence electrons. The number of fused-ring (bicyclic) bond motifs is 2. The molecule has 1 N–H and O–H groups in total. The summed E-state index contributed by atoms with van der Waals surface area (Å²) in [5.74, 6) is -0.414. The molecular weight excluding hydrogens is 584 g/mol. The van der Waals surface area contributed by atoms with Crippen LogP contribution in [-0.4, -0.2) is 27.9 Å². The van der Waals surface area contributed by atoms with Crippen molar-refractivity contribution in [3.8, 4) is 11.5 Å². The minimum atomic E-state index is -0.914. The van der Waals surface area contributed by atoms with Gasteiger partial charge in [-0.05, 0) is 72.1 Å².